The van der Waals surface area contributed by atoms with Crippen molar-refractivity contribution in [2.75, 3.05) is 7.05 Å². The lowest BCUT2D eigenvalue weighted by Crippen LogP contribution is -2.41. The predicted molar refractivity (Wildman–Crippen MR) is 71.3 cm³/mol. The Morgan fingerprint density at radius 1 is 1.24 bits per heavy atom. The van der Waals surface area contributed by atoms with Gasteiger partial charge in [-0.15, -0.1) is 0 Å². The van der Waals surface area contributed by atoms with E-state index in [0.29, 0.717) is 5.02 Å². The molecule has 4 heteroatoms. The molecule has 3 nitrogen and oxygen atoms in total. The highest BCUT2D eigenvalue weighted by Gasteiger charge is 2.17. The monoisotopic (exact) mass is 254 g/mol. The van der Waals surface area contributed by atoms with Crippen LogP contribution in [0, 0.1) is 0 Å². The number of carbonyl (C=O) groups excluding carboxylic acids is 1. The van der Waals surface area contributed by atoms with E-state index < -0.39 is 0 Å². The summed E-state index contributed by atoms with van der Waals surface area (Å²) in [6.45, 7) is 5.88. The van der Waals surface area contributed by atoms with Gasteiger partial charge in [0, 0.05) is 18.1 Å². The van der Waals surface area contributed by atoms with Crippen LogP contribution in [0.1, 0.15) is 32.4 Å². The molecule has 1 atom stereocenters. The van der Waals surface area contributed by atoms with Crippen molar-refractivity contribution in [1.29, 1.82) is 0 Å². The Morgan fingerprint density at radius 2 is 1.76 bits per heavy atom. The van der Waals surface area contributed by atoms with Crippen LogP contribution in [-0.2, 0) is 0 Å². The Morgan fingerprint density at radius 3 is 2.24 bits per heavy atom. The molecular weight excluding hydrogens is 236 g/mol. The molecule has 0 heterocycles. The summed E-state index contributed by atoms with van der Waals surface area (Å²) in [5.74, 6) is 0. The Labute approximate surface area is 108 Å². The Kier molecular flexibility index (Phi) is 4.82. The van der Waals surface area contributed by atoms with Crippen molar-refractivity contribution >= 4 is 17.6 Å². The molecule has 17 heavy (non-hydrogen) atoms. The zero-order valence-electron chi connectivity index (χ0n) is 10.7. The molecule has 0 spiro atoms. The van der Waals surface area contributed by atoms with Crippen molar-refractivity contribution in [2.24, 2.45) is 0 Å². The van der Waals surface area contributed by atoms with Gasteiger partial charge in [0.1, 0.15) is 0 Å². The molecule has 1 unspecified atom stereocenters. The molecule has 1 N–H and O–H groups in total. The zero-order valence-corrected chi connectivity index (χ0v) is 11.5. The van der Waals surface area contributed by atoms with Gasteiger partial charge in [0.2, 0.25) is 0 Å². The van der Waals surface area contributed by atoms with Gasteiger partial charge in [-0.3, -0.25) is 0 Å². The normalized spacial score (nSPS) is 12.4. The molecule has 94 valence electrons. The number of nitrogens with one attached hydrogen (secondary N) is 1. The molecule has 0 bridgehead atoms. The van der Waals surface area contributed by atoms with Gasteiger partial charge in [0.05, 0.1) is 6.04 Å². The predicted octanol–water partition coefficient (Wildman–Crippen LogP) is 3.45. The number of urea groups is 1. The minimum atomic E-state index is -0.0672. The van der Waals surface area contributed by atoms with E-state index in [4.69, 9.17) is 11.6 Å². The number of amides is 2. The molecule has 0 saturated carbocycles. The molecule has 1 aromatic carbocycles. The molecule has 2 amide bonds. The van der Waals surface area contributed by atoms with Crippen molar-refractivity contribution in [3.63, 3.8) is 0 Å². The topological polar surface area (TPSA) is 32.3 Å². The van der Waals surface area contributed by atoms with Crippen LogP contribution in [0.15, 0.2) is 24.3 Å². The molecule has 0 aromatic heterocycles. The van der Waals surface area contributed by atoms with Crippen molar-refractivity contribution < 1.29 is 4.79 Å². The highest BCUT2D eigenvalue weighted by atomic mass is 35.5. The third-order valence-electron chi connectivity index (χ3n) is 2.67. The Balaban J connectivity index is 2.72. The van der Waals surface area contributed by atoms with Gasteiger partial charge in [0.15, 0.2) is 0 Å². The van der Waals surface area contributed by atoms with E-state index >= 15 is 0 Å². The lowest BCUT2D eigenvalue weighted by molar-refractivity contribution is 0.192. The SMILES string of the molecule is CC(C)NC(=O)N(C)C(C)c1ccc(Cl)cc1. The second-order valence-corrected chi connectivity index (χ2v) is 4.88. The molecular formula is C13H19ClN2O. The first-order valence-corrected chi connectivity index (χ1v) is 6.08. The molecule has 0 aliphatic heterocycles. The Bertz CT molecular complexity index is 376. The standard InChI is InChI=1S/C13H19ClN2O/c1-9(2)15-13(17)16(4)10(3)11-5-7-12(14)8-6-11/h5-10H,1-4H3,(H,15,17). The lowest BCUT2D eigenvalue weighted by atomic mass is 10.1. The average molecular weight is 255 g/mol. The quantitative estimate of drug-likeness (QED) is 0.880. The fourth-order valence-corrected chi connectivity index (χ4v) is 1.62. The van der Waals surface area contributed by atoms with Crippen LogP contribution in [0.5, 0.6) is 0 Å². The minimum Gasteiger partial charge on any atom is -0.336 e. The first-order chi connectivity index (χ1) is 7.91. The second kappa shape index (κ2) is 5.92. The van der Waals surface area contributed by atoms with Crippen molar-refractivity contribution in [3.05, 3.63) is 34.9 Å². The lowest BCUT2D eigenvalue weighted by Gasteiger charge is -2.26. The summed E-state index contributed by atoms with van der Waals surface area (Å²) in [5.41, 5.74) is 1.07. The van der Waals surface area contributed by atoms with Gasteiger partial charge < -0.3 is 10.2 Å². The zero-order chi connectivity index (χ0) is 13.0. The highest BCUT2D eigenvalue weighted by Crippen LogP contribution is 2.20. The fraction of sp³-hybridized carbons (Fsp3) is 0.462. The fourth-order valence-electron chi connectivity index (χ4n) is 1.49. The van der Waals surface area contributed by atoms with E-state index in [1.807, 2.05) is 45.0 Å². The first kappa shape index (κ1) is 13.8. The number of rotatable bonds is 3. The molecule has 0 saturated heterocycles. The van der Waals surface area contributed by atoms with Crippen LogP contribution in [0.2, 0.25) is 5.02 Å². The summed E-state index contributed by atoms with van der Waals surface area (Å²) in [4.78, 5) is 13.5. The minimum absolute atomic E-state index is 0.0195. The van der Waals surface area contributed by atoms with Crippen LogP contribution in [0.3, 0.4) is 0 Å². The molecule has 1 aromatic rings. The maximum atomic E-state index is 11.8. The van der Waals surface area contributed by atoms with Gasteiger partial charge in [-0.1, -0.05) is 23.7 Å². The molecule has 0 aliphatic rings. The summed E-state index contributed by atoms with van der Waals surface area (Å²) in [5, 5.41) is 3.57. The van der Waals surface area contributed by atoms with Gasteiger partial charge in [-0.2, -0.15) is 0 Å². The van der Waals surface area contributed by atoms with Crippen molar-refractivity contribution in [1.82, 2.24) is 10.2 Å². The number of hydrogen-bond donors (Lipinski definition) is 1. The maximum Gasteiger partial charge on any atom is 0.317 e. The highest BCUT2D eigenvalue weighted by molar-refractivity contribution is 6.30. The summed E-state index contributed by atoms with van der Waals surface area (Å²) in [7, 11) is 1.79. The number of nitrogens with zero attached hydrogens (tertiary/aromatic N) is 1. The van der Waals surface area contributed by atoms with Gasteiger partial charge >= 0.3 is 6.03 Å². The van der Waals surface area contributed by atoms with Crippen molar-refractivity contribution in [3.8, 4) is 0 Å². The molecule has 0 radical (unpaired) electrons. The number of hydrogen-bond acceptors (Lipinski definition) is 1. The Hall–Kier alpha value is -1.22. The van der Waals surface area contributed by atoms with E-state index in [2.05, 4.69) is 5.32 Å². The summed E-state index contributed by atoms with van der Waals surface area (Å²) < 4.78 is 0. The first-order valence-electron chi connectivity index (χ1n) is 5.70. The van der Waals surface area contributed by atoms with Gasteiger partial charge in [-0.25, -0.2) is 4.79 Å². The van der Waals surface area contributed by atoms with E-state index in [1.54, 1.807) is 11.9 Å². The number of carbonyl (C=O) groups is 1. The maximum absolute atomic E-state index is 11.8. The number of benzene rings is 1. The van der Waals surface area contributed by atoms with E-state index in [0.717, 1.165) is 5.56 Å². The summed E-state index contributed by atoms with van der Waals surface area (Å²) >= 11 is 5.83. The number of halogens is 1. The molecule has 0 aliphatic carbocycles. The van der Waals surface area contributed by atoms with E-state index in [-0.39, 0.29) is 18.1 Å². The summed E-state index contributed by atoms with van der Waals surface area (Å²) in [6, 6.07) is 7.64. The third-order valence-corrected chi connectivity index (χ3v) is 2.92. The van der Waals surface area contributed by atoms with Crippen LogP contribution in [-0.4, -0.2) is 24.0 Å². The van der Waals surface area contributed by atoms with E-state index in [9.17, 15) is 4.79 Å². The van der Waals surface area contributed by atoms with Crippen molar-refractivity contribution in [2.45, 2.75) is 32.9 Å². The third kappa shape index (κ3) is 3.93. The summed E-state index contributed by atoms with van der Waals surface area (Å²) in [6.07, 6.45) is 0. The second-order valence-electron chi connectivity index (χ2n) is 4.44. The van der Waals surface area contributed by atoms with Crippen LogP contribution in [0.4, 0.5) is 4.79 Å². The van der Waals surface area contributed by atoms with Crippen LogP contribution in [0.25, 0.3) is 0 Å². The largest absolute Gasteiger partial charge is 0.336 e. The molecule has 0 fully saturated rings. The average Bonchev–Trinajstić information content (AvgIpc) is 2.27. The van der Waals surface area contributed by atoms with Crippen LogP contribution < -0.4 is 5.32 Å². The van der Waals surface area contributed by atoms with Gasteiger partial charge in [-0.05, 0) is 38.5 Å². The molecule has 1 rings (SSSR count). The van der Waals surface area contributed by atoms with Crippen LogP contribution >= 0.6 is 11.6 Å². The van der Waals surface area contributed by atoms with E-state index in [1.165, 1.54) is 0 Å². The van der Waals surface area contributed by atoms with Gasteiger partial charge in [0.25, 0.3) is 0 Å². The smallest absolute Gasteiger partial charge is 0.317 e.